The number of esters is 1. The highest BCUT2D eigenvalue weighted by atomic mass is 16.5. The van der Waals surface area contributed by atoms with Gasteiger partial charge in [0.25, 0.3) is 0 Å². The van der Waals surface area contributed by atoms with E-state index in [1.165, 1.54) is 0 Å². The molecule has 0 saturated heterocycles. The minimum Gasteiger partial charge on any atom is -0.462 e. The molecule has 0 heterocycles. The van der Waals surface area contributed by atoms with E-state index < -0.39 is 0 Å². The molecule has 1 aromatic rings. The van der Waals surface area contributed by atoms with E-state index in [1.807, 2.05) is 32.0 Å². The van der Waals surface area contributed by atoms with Crippen molar-refractivity contribution in [2.75, 3.05) is 27.4 Å². The van der Waals surface area contributed by atoms with Crippen molar-refractivity contribution in [2.45, 2.75) is 112 Å². The Morgan fingerprint density at radius 2 is 1.55 bits per heavy atom. The summed E-state index contributed by atoms with van der Waals surface area (Å²) < 4.78 is 30.0. The van der Waals surface area contributed by atoms with Gasteiger partial charge in [0.2, 0.25) is 0 Å². The number of methoxy groups -OCH3 is 2. The Morgan fingerprint density at radius 1 is 0.868 bits per heavy atom. The van der Waals surface area contributed by atoms with Crippen LogP contribution in [0.1, 0.15) is 86.1 Å². The quantitative estimate of drug-likeness (QED) is 0.156. The summed E-state index contributed by atoms with van der Waals surface area (Å²) in [4.78, 5) is 12.7. The number of hydrogen-bond donors (Lipinski definition) is 0. The molecular weight excluding hydrogens is 480 g/mol. The number of benzene rings is 1. The number of ether oxygens (including phenoxy) is 5. The summed E-state index contributed by atoms with van der Waals surface area (Å²) in [5.41, 5.74) is 1.15. The molecule has 6 heteroatoms. The highest BCUT2D eigenvalue weighted by molar-refractivity contribution is 5.71. The molecule has 0 saturated carbocycles. The number of carbonyl (C=O) groups is 1. The van der Waals surface area contributed by atoms with E-state index >= 15 is 0 Å². The third-order valence-corrected chi connectivity index (χ3v) is 7.52. The molecule has 0 spiro atoms. The second kappa shape index (κ2) is 19.6. The van der Waals surface area contributed by atoms with Crippen molar-refractivity contribution in [2.24, 2.45) is 23.7 Å². The van der Waals surface area contributed by atoms with Crippen LogP contribution in [0.4, 0.5) is 0 Å². The second-order valence-electron chi connectivity index (χ2n) is 11.1. The van der Waals surface area contributed by atoms with Gasteiger partial charge in [-0.25, -0.2) is 0 Å². The van der Waals surface area contributed by atoms with Crippen LogP contribution in [0.5, 0.6) is 0 Å². The van der Waals surface area contributed by atoms with Gasteiger partial charge < -0.3 is 23.7 Å². The van der Waals surface area contributed by atoms with Crippen LogP contribution in [0, 0.1) is 23.7 Å². The lowest BCUT2D eigenvalue weighted by Gasteiger charge is -2.35. The molecular formula is C32H56O6. The molecule has 0 radical (unpaired) electrons. The second-order valence-corrected chi connectivity index (χ2v) is 11.1. The zero-order valence-corrected chi connectivity index (χ0v) is 25.6. The van der Waals surface area contributed by atoms with Gasteiger partial charge >= 0.3 is 5.97 Å². The first-order valence-electron chi connectivity index (χ1n) is 14.7. The standard InChI is InChI=1S/C32H56O6/c1-10-19-37-28(11-2)20-30(34-8)24(5)17-18-29(38-32(33)23(3)4)26(7)31(35-9)25(6)21-36-22-27-15-13-12-14-16-27/h12-16,23-26,28-31H,10-11,17-22H2,1-9H3. The summed E-state index contributed by atoms with van der Waals surface area (Å²) in [5, 5.41) is 0. The molecule has 7 atom stereocenters. The van der Waals surface area contributed by atoms with Crippen molar-refractivity contribution in [3.05, 3.63) is 35.9 Å². The molecule has 38 heavy (non-hydrogen) atoms. The van der Waals surface area contributed by atoms with Crippen LogP contribution < -0.4 is 0 Å². The van der Waals surface area contributed by atoms with E-state index in [2.05, 4.69) is 46.8 Å². The van der Waals surface area contributed by atoms with Crippen LogP contribution in [-0.2, 0) is 35.1 Å². The maximum absolute atomic E-state index is 12.7. The lowest BCUT2D eigenvalue weighted by atomic mass is 9.85. The topological polar surface area (TPSA) is 63.2 Å². The van der Waals surface area contributed by atoms with Crippen molar-refractivity contribution in [1.82, 2.24) is 0 Å². The largest absolute Gasteiger partial charge is 0.462 e. The average molecular weight is 537 g/mol. The van der Waals surface area contributed by atoms with E-state index in [1.54, 1.807) is 14.2 Å². The smallest absolute Gasteiger partial charge is 0.308 e. The lowest BCUT2D eigenvalue weighted by Crippen LogP contribution is -2.40. The van der Waals surface area contributed by atoms with Gasteiger partial charge in [-0.3, -0.25) is 4.79 Å². The van der Waals surface area contributed by atoms with E-state index in [0.29, 0.717) is 19.1 Å². The van der Waals surface area contributed by atoms with Gasteiger partial charge in [-0.2, -0.15) is 0 Å². The zero-order valence-electron chi connectivity index (χ0n) is 25.6. The maximum Gasteiger partial charge on any atom is 0.308 e. The molecule has 0 aliphatic heterocycles. The van der Waals surface area contributed by atoms with Gasteiger partial charge in [0.05, 0.1) is 37.4 Å². The summed E-state index contributed by atoms with van der Waals surface area (Å²) in [6.45, 7) is 16.5. The Labute approximate surface area is 233 Å². The third kappa shape index (κ3) is 12.6. The van der Waals surface area contributed by atoms with Gasteiger partial charge in [0.1, 0.15) is 6.10 Å². The molecule has 0 fully saturated rings. The predicted octanol–water partition coefficient (Wildman–Crippen LogP) is 7.08. The number of rotatable bonds is 21. The summed E-state index contributed by atoms with van der Waals surface area (Å²) in [5.74, 6) is 0.119. The van der Waals surface area contributed by atoms with E-state index in [4.69, 9.17) is 23.7 Å². The fourth-order valence-electron chi connectivity index (χ4n) is 4.99. The highest BCUT2D eigenvalue weighted by Crippen LogP contribution is 2.29. The van der Waals surface area contributed by atoms with Gasteiger partial charge in [-0.15, -0.1) is 0 Å². The zero-order chi connectivity index (χ0) is 28.5. The van der Waals surface area contributed by atoms with Gasteiger partial charge in [-0.05, 0) is 43.6 Å². The minimum absolute atomic E-state index is 0.0162. The van der Waals surface area contributed by atoms with Crippen molar-refractivity contribution < 1.29 is 28.5 Å². The van der Waals surface area contributed by atoms with Crippen LogP contribution in [-0.4, -0.2) is 57.8 Å². The first kappa shape index (κ1) is 34.6. The van der Waals surface area contributed by atoms with Crippen LogP contribution in [0.3, 0.4) is 0 Å². The van der Waals surface area contributed by atoms with E-state index in [0.717, 1.165) is 44.3 Å². The SMILES string of the molecule is CCCOC(CC)CC(OC)C(C)CCC(OC(=O)C(C)C)C(C)C(OC)C(C)COCc1ccccc1. The summed E-state index contributed by atoms with van der Waals surface area (Å²) >= 11 is 0. The van der Waals surface area contributed by atoms with Gasteiger partial charge in [-0.1, -0.05) is 78.8 Å². The Balaban J connectivity index is 2.83. The molecule has 0 aliphatic rings. The van der Waals surface area contributed by atoms with Gasteiger partial charge in [0, 0.05) is 32.7 Å². The van der Waals surface area contributed by atoms with Crippen LogP contribution >= 0.6 is 0 Å². The molecule has 7 unspecified atom stereocenters. The normalized spacial score (nSPS) is 17.4. The Hall–Kier alpha value is -1.47. The Morgan fingerprint density at radius 3 is 2.11 bits per heavy atom. The molecule has 220 valence electrons. The Bertz CT molecular complexity index is 724. The average Bonchev–Trinajstić information content (AvgIpc) is 2.91. The van der Waals surface area contributed by atoms with Crippen LogP contribution in [0.25, 0.3) is 0 Å². The summed E-state index contributed by atoms with van der Waals surface area (Å²) in [6, 6.07) is 10.2. The van der Waals surface area contributed by atoms with Crippen LogP contribution in [0.15, 0.2) is 30.3 Å². The third-order valence-electron chi connectivity index (χ3n) is 7.52. The van der Waals surface area contributed by atoms with Crippen LogP contribution in [0.2, 0.25) is 0 Å². The highest BCUT2D eigenvalue weighted by Gasteiger charge is 2.34. The van der Waals surface area contributed by atoms with Gasteiger partial charge in [0.15, 0.2) is 0 Å². The maximum atomic E-state index is 12.7. The number of hydrogen-bond acceptors (Lipinski definition) is 6. The monoisotopic (exact) mass is 536 g/mol. The molecule has 0 N–H and O–H groups in total. The van der Waals surface area contributed by atoms with E-state index in [9.17, 15) is 4.79 Å². The molecule has 1 aromatic carbocycles. The fraction of sp³-hybridized carbons (Fsp3) is 0.781. The first-order chi connectivity index (χ1) is 18.2. The fourth-order valence-corrected chi connectivity index (χ4v) is 4.99. The van der Waals surface area contributed by atoms with Crippen molar-refractivity contribution >= 4 is 5.97 Å². The minimum atomic E-state index is -0.246. The van der Waals surface area contributed by atoms with E-state index in [-0.39, 0.29) is 48.1 Å². The molecule has 0 aromatic heterocycles. The van der Waals surface area contributed by atoms with Crippen molar-refractivity contribution in [3.8, 4) is 0 Å². The lowest BCUT2D eigenvalue weighted by molar-refractivity contribution is -0.160. The molecule has 0 aliphatic carbocycles. The van der Waals surface area contributed by atoms with Crippen molar-refractivity contribution in [3.63, 3.8) is 0 Å². The molecule has 0 amide bonds. The molecule has 6 nitrogen and oxygen atoms in total. The summed E-state index contributed by atoms with van der Waals surface area (Å²) in [6.07, 6.45) is 4.45. The van der Waals surface area contributed by atoms with Crippen molar-refractivity contribution in [1.29, 1.82) is 0 Å². The number of carbonyl (C=O) groups excluding carboxylic acids is 1. The Kier molecular flexibility index (Phi) is 17.8. The molecule has 1 rings (SSSR count). The first-order valence-corrected chi connectivity index (χ1v) is 14.7. The summed E-state index contributed by atoms with van der Waals surface area (Å²) in [7, 11) is 3.52. The molecule has 0 bridgehead atoms. The predicted molar refractivity (Wildman–Crippen MR) is 154 cm³/mol.